The first-order valence-corrected chi connectivity index (χ1v) is 4.36. The van der Waals surface area contributed by atoms with Crippen molar-refractivity contribution in [2.24, 2.45) is 0 Å². The zero-order chi connectivity index (χ0) is 11.4. The fourth-order valence-electron chi connectivity index (χ4n) is 1.47. The van der Waals surface area contributed by atoms with E-state index >= 15 is 0 Å². The number of nitro benzene ring substituents is 1. The molecule has 0 aliphatic carbocycles. The summed E-state index contributed by atoms with van der Waals surface area (Å²) < 4.78 is 5.06. The molecule has 0 saturated heterocycles. The van der Waals surface area contributed by atoms with Crippen LogP contribution in [-0.2, 0) is 11.2 Å². The molecule has 0 aliphatic heterocycles. The van der Waals surface area contributed by atoms with Crippen LogP contribution in [0.2, 0.25) is 0 Å². The Bertz CT molecular complexity index is 401. The summed E-state index contributed by atoms with van der Waals surface area (Å²) in [6, 6.07) is 2.93. The van der Waals surface area contributed by atoms with E-state index in [0.717, 1.165) is 6.29 Å². The Labute approximate surface area is 86.8 Å². The number of carbonyl (C=O) groups excluding carboxylic acids is 1. The Morgan fingerprint density at radius 3 is 2.67 bits per heavy atom. The van der Waals surface area contributed by atoms with Gasteiger partial charge in [-0.05, 0) is 13.0 Å². The summed E-state index contributed by atoms with van der Waals surface area (Å²) in [5.41, 5.74) is 1.11. The predicted octanol–water partition coefficient (Wildman–Crippen LogP) is 1.65. The van der Waals surface area contributed by atoms with Gasteiger partial charge in [-0.2, -0.15) is 0 Å². The topological polar surface area (TPSA) is 69.4 Å². The minimum Gasteiger partial charge on any atom is -0.496 e. The third kappa shape index (κ3) is 2.12. The summed E-state index contributed by atoms with van der Waals surface area (Å²) in [7, 11) is 1.43. The van der Waals surface area contributed by atoms with E-state index in [4.69, 9.17) is 4.74 Å². The maximum absolute atomic E-state index is 10.6. The normalized spacial score (nSPS) is 9.73. The Morgan fingerprint density at radius 1 is 1.53 bits per heavy atom. The van der Waals surface area contributed by atoms with E-state index in [1.54, 1.807) is 13.0 Å². The van der Waals surface area contributed by atoms with Crippen molar-refractivity contribution in [1.82, 2.24) is 0 Å². The smallest absolute Gasteiger partial charge is 0.276 e. The maximum atomic E-state index is 10.6. The summed E-state index contributed by atoms with van der Waals surface area (Å²) in [5, 5.41) is 10.6. The zero-order valence-electron chi connectivity index (χ0n) is 8.52. The van der Waals surface area contributed by atoms with E-state index in [9.17, 15) is 14.9 Å². The van der Waals surface area contributed by atoms with Crippen LogP contribution in [0.25, 0.3) is 0 Å². The molecule has 0 aromatic heterocycles. The fraction of sp³-hybridized carbons (Fsp3) is 0.300. The lowest BCUT2D eigenvalue weighted by Gasteiger charge is -2.09. The van der Waals surface area contributed by atoms with Crippen LogP contribution in [0.1, 0.15) is 11.1 Å². The lowest BCUT2D eigenvalue weighted by atomic mass is 10.1. The molecule has 0 heterocycles. The first-order valence-electron chi connectivity index (χ1n) is 4.36. The number of nitro groups is 1. The van der Waals surface area contributed by atoms with Crippen molar-refractivity contribution in [2.75, 3.05) is 7.11 Å². The van der Waals surface area contributed by atoms with Crippen LogP contribution in [0, 0.1) is 17.0 Å². The summed E-state index contributed by atoms with van der Waals surface area (Å²) in [6.07, 6.45) is 0.936. The molecule has 0 bridgehead atoms. The molecule has 5 heteroatoms. The quantitative estimate of drug-likeness (QED) is 0.429. The molecule has 0 radical (unpaired) electrons. The summed E-state index contributed by atoms with van der Waals surface area (Å²) in [6.45, 7) is 1.60. The summed E-state index contributed by atoms with van der Waals surface area (Å²) in [5.74, 6) is 0.413. The van der Waals surface area contributed by atoms with Gasteiger partial charge in [-0.3, -0.25) is 10.1 Å². The van der Waals surface area contributed by atoms with E-state index in [1.807, 2.05) is 0 Å². The molecule has 1 rings (SSSR count). The van der Waals surface area contributed by atoms with Crippen molar-refractivity contribution in [3.63, 3.8) is 0 Å². The van der Waals surface area contributed by atoms with Crippen LogP contribution in [0.4, 0.5) is 5.69 Å². The van der Waals surface area contributed by atoms with Gasteiger partial charge in [0.25, 0.3) is 5.69 Å². The molecule has 0 amide bonds. The monoisotopic (exact) mass is 209 g/mol. The molecule has 5 nitrogen and oxygen atoms in total. The molecule has 0 atom stereocenters. The van der Waals surface area contributed by atoms with E-state index in [2.05, 4.69) is 0 Å². The van der Waals surface area contributed by atoms with Gasteiger partial charge in [0.2, 0.25) is 0 Å². The molecule has 0 fully saturated rings. The highest BCUT2D eigenvalue weighted by atomic mass is 16.6. The van der Waals surface area contributed by atoms with Gasteiger partial charge in [0.05, 0.1) is 17.6 Å². The number of hydrogen-bond acceptors (Lipinski definition) is 4. The van der Waals surface area contributed by atoms with Crippen LogP contribution >= 0.6 is 0 Å². The number of carbonyl (C=O) groups is 1. The third-order valence-corrected chi connectivity index (χ3v) is 2.16. The number of aldehydes is 1. The van der Waals surface area contributed by atoms with Crippen LogP contribution in [0.3, 0.4) is 0 Å². The Kier molecular flexibility index (Phi) is 3.38. The number of methoxy groups -OCH3 is 1. The minimum absolute atomic E-state index is 0.00139. The molecule has 0 unspecified atom stereocenters. The van der Waals surface area contributed by atoms with E-state index < -0.39 is 4.92 Å². The second-order valence-electron chi connectivity index (χ2n) is 3.03. The number of hydrogen-bond donors (Lipinski definition) is 0. The number of rotatable bonds is 4. The number of ether oxygens (including phenoxy) is 1. The first kappa shape index (κ1) is 11.2. The van der Waals surface area contributed by atoms with Gasteiger partial charge < -0.3 is 9.53 Å². The van der Waals surface area contributed by atoms with Gasteiger partial charge in [-0.15, -0.1) is 0 Å². The van der Waals surface area contributed by atoms with Gasteiger partial charge in [-0.25, -0.2) is 0 Å². The lowest BCUT2D eigenvalue weighted by molar-refractivity contribution is -0.385. The fourth-order valence-corrected chi connectivity index (χ4v) is 1.47. The van der Waals surface area contributed by atoms with Crippen molar-refractivity contribution in [3.05, 3.63) is 33.4 Å². The largest absolute Gasteiger partial charge is 0.496 e. The molecule has 1 aromatic carbocycles. The van der Waals surface area contributed by atoms with Crippen LogP contribution in [-0.4, -0.2) is 18.3 Å². The molecule has 0 N–H and O–H groups in total. The number of nitrogens with zero attached hydrogens (tertiary/aromatic N) is 1. The molecule has 1 aromatic rings. The van der Waals surface area contributed by atoms with Gasteiger partial charge in [0.1, 0.15) is 12.0 Å². The zero-order valence-corrected chi connectivity index (χ0v) is 8.52. The highest BCUT2D eigenvalue weighted by Gasteiger charge is 2.17. The molecule has 0 spiro atoms. The average Bonchev–Trinajstić information content (AvgIpc) is 2.18. The van der Waals surface area contributed by atoms with Crippen molar-refractivity contribution < 1.29 is 14.5 Å². The third-order valence-electron chi connectivity index (χ3n) is 2.16. The first-order chi connectivity index (χ1) is 7.11. The molecule has 15 heavy (non-hydrogen) atoms. The Balaban J connectivity index is 3.31. The molecule has 0 saturated carbocycles. The van der Waals surface area contributed by atoms with E-state index in [-0.39, 0.29) is 12.1 Å². The van der Waals surface area contributed by atoms with Crippen LogP contribution in [0.15, 0.2) is 12.1 Å². The second kappa shape index (κ2) is 4.54. The van der Waals surface area contributed by atoms with Crippen molar-refractivity contribution in [2.45, 2.75) is 13.3 Å². The standard InChI is InChI=1S/C10H11NO4/c1-7-9(11(13)14)4-3-8(5-6-12)10(7)15-2/h3-4,6H,5H2,1-2H3. The van der Waals surface area contributed by atoms with Crippen molar-refractivity contribution in [3.8, 4) is 5.75 Å². The average molecular weight is 209 g/mol. The minimum atomic E-state index is -0.470. The summed E-state index contributed by atoms with van der Waals surface area (Å²) >= 11 is 0. The number of benzene rings is 1. The molecule has 0 aliphatic rings. The Hall–Kier alpha value is -1.91. The molecule has 80 valence electrons. The highest BCUT2D eigenvalue weighted by Crippen LogP contribution is 2.30. The second-order valence-corrected chi connectivity index (χ2v) is 3.03. The van der Waals surface area contributed by atoms with Crippen LogP contribution in [0.5, 0.6) is 5.75 Å². The van der Waals surface area contributed by atoms with Crippen molar-refractivity contribution in [1.29, 1.82) is 0 Å². The van der Waals surface area contributed by atoms with Gasteiger partial charge in [0.15, 0.2) is 0 Å². The summed E-state index contributed by atoms with van der Waals surface area (Å²) in [4.78, 5) is 20.6. The van der Waals surface area contributed by atoms with Gasteiger partial charge >= 0.3 is 0 Å². The van der Waals surface area contributed by atoms with Crippen molar-refractivity contribution >= 4 is 12.0 Å². The SMILES string of the molecule is COc1c(CC=O)ccc([N+](=O)[O-])c1C. The van der Waals surface area contributed by atoms with Gasteiger partial charge in [0, 0.05) is 18.1 Å². The van der Waals surface area contributed by atoms with Crippen LogP contribution < -0.4 is 4.74 Å². The van der Waals surface area contributed by atoms with E-state index in [0.29, 0.717) is 16.9 Å². The lowest BCUT2D eigenvalue weighted by Crippen LogP contribution is -1.99. The highest BCUT2D eigenvalue weighted by molar-refractivity contribution is 5.61. The van der Waals surface area contributed by atoms with E-state index in [1.165, 1.54) is 13.2 Å². The Morgan fingerprint density at radius 2 is 2.20 bits per heavy atom. The molecular formula is C10H11NO4. The maximum Gasteiger partial charge on any atom is 0.276 e. The molecular weight excluding hydrogens is 198 g/mol. The van der Waals surface area contributed by atoms with Gasteiger partial charge in [-0.1, -0.05) is 0 Å². The predicted molar refractivity (Wildman–Crippen MR) is 54.2 cm³/mol.